The molecule has 2 saturated heterocycles. The standard InChI is InChI=1S/C29H43NO2/c1-17-11-26-27(30-16-17)19(3)15-29(32-26)10-8-22-23-6-5-20-12-21(31)7-9-28(20,4)25(23)13-24(22)18(2)14-29/h12,17,19,22-23,25-27,30H,5-11,13-16H2,1-4H3/t17-,19-,22-,23-,25-,26+,27-,28-,29-/m0/s1. The Hall–Kier alpha value is -0.930. The van der Waals surface area contributed by atoms with Crippen molar-refractivity contribution < 1.29 is 9.53 Å². The van der Waals surface area contributed by atoms with Gasteiger partial charge < -0.3 is 10.1 Å². The minimum absolute atomic E-state index is 0.0666. The van der Waals surface area contributed by atoms with Crippen molar-refractivity contribution in [3.63, 3.8) is 0 Å². The smallest absolute Gasteiger partial charge is 0.155 e. The molecule has 6 rings (SSSR count). The van der Waals surface area contributed by atoms with Gasteiger partial charge in [-0.2, -0.15) is 0 Å². The van der Waals surface area contributed by atoms with Crippen LogP contribution in [0.1, 0.15) is 91.9 Å². The van der Waals surface area contributed by atoms with Gasteiger partial charge in [0.1, 0.15) is 0 Å². The highest BCUT2D eigenvalue weighted by Crippen LogP contribution is 2.63. The topological polar surface area (TPSA) is 38.3 Å². The summed E-state index contributed by atoms with van der Waals surface area (Å²) in [6, 6.07) is 0.550. The third-order valence-electron chi connectivity index (χ3n) is 10.9. The third kappa shape index (κ3) is 3.24. The number of piperidine rings is 1. The lowest BCUT2D eigenvalue weighted by atomic mass is 9.56. The van der Waals surface area contributed by atoms with Gasteiger partial charge in [-0.3, -0.25) is 4.79 Å². The summed E-state index contributed by atoms with van der Waals surface area (Å²) in [7, 11) is 0. The molecule has 3 heteroatoms. The number of carbonyl (C=O) groups excluding carboxylic acids is 1. The average molecular weight is 438 g/mol. The molecule has 2 aliphatic heterocycles. The highest BCUT2D eigenvalue weighted by molar-refractivity contribution is 5.91. The number of rotatable bonds is 0. The lowest BCUT2D eigenvalue weighted by Crippen LogP contribution is -2.60. The molecule has 0 aromatic carbocycles. The maximum absolute atomic E-state index is 12.1. The van der Waals surface area contributed by atoms with E-state index < -0.39 is 0 Å². The molecule has 176 valence electrons. The second-order valence-electron chi connectivity index (χ2n) is 13.0. The van der Waals surface area contributed by atoms with E-state index in [0.29, 0.717) is 23.8 Å². The molecule has 0 unspecified atom stereocenters. The molecule has 0 aromatic heterocycles. The normalized spacial score (nSPS) is 50.8. The Morgan fingerprint density at radius 3 is 2.84 bits per heavy atom. The number of nitrogens with one attached hydrogen (secondary N) is 1. The predicted molar refractivity (Wildman–Crippen MR) is 128 cm³/mol. The second-order valence-corrected chi connectivity index (χ2v) is 13.0. The van der Waals surface area contributed by atoms with Crippen molar-refractivity contribution in [2.24, 2.45) is 35.0 Å². The van der Waals surface area contributed by atoms with Gasteiger partial charge in [-0.1, -0.05) is 37.5 Å². The highest BCUT2D eigenvalue weighted by Gasteiger charge is 2.55. The van der Waals surface area contributed by atoms with Crippen LogP contribution in [0, 0.1) is 35.0 Å². The summed E-state index contributed by atoms with van der Waals surface area (Å²) in [5.74, 6) is 4.11. The molecule has 2 heterocycles. The summed E-state index contributed by atoms with van der Waals surface area (Å²) in [4.78, 5) is 12.1. The van der Waals surface area contributed by atoms with Crippen molar-refractivity contribution in [1.29, 1.82) is 0 Å². The maximum atomic E-state index is 12.1. The Balaban J connectivity index is 1.28. The van der Waals surface area contributed by atoms with E-state index in [1.54, 1.807) is 11.1 Å². The molecule has 6 aliphatic rings. The first-order chi connectivity index (χ1) is 15.3. The van der Waals surface area contributed by atoms with Gasteiger partial charge in [0.25, 0.3) is 0 Å². The molecular formula is C29H43NO2. The van der Waals surface area contributed by atoms with Gasteiger partial charge in [-0.25, -0.2) is 0 Å². The third-order valence-corrected chi connectivity index (χ3v) is 10.9. The predicted octanol–water partition coefficient (Wildman–Crippen LogP) is 5.99. The van der Waals surface area contributed by atoms with Crippen molar-refractivity contribution in [1.82, 2.24) is 5.32 Å². The fourth-order valence-electron chi connectivity index (χ4n) is 9.38. The van der Waals surface area contributed by atoms with E-state index in [1.807, 2.05) is 6.08 Å². The zero-order valence-corrected chi connectivity index (χ0v) is 20.7. The van der Waals surface area contributed by atoms with Gasteiger partial charge in [-0.15, -0.1) is 0 Å². The van der Waals surface area contributed by atoms with Gasteiger partial charge >= 0.3 is 0 Å². The minimum atomic E-state index is 0.0666. The van der Waals surface area contributed by atoms with Gasteiger partial charge in [0.2, 0.25) is 0 Å². The molecule has 9 atom stereocenters. The first-order valence-corrected chi connectivity index (χ1v) is 13.6. The molecule has 1 N–H and O–H groups in total. The summed E-state index contributed by atoms with van der Waals surface area (Å²) in [5.41, 5.74) is 5.27. The van der Waals surface area contributed by atoms with Crippen molar-refractivity contribution in [3.05, 3.63) is 22.8 Å². The fraction of sp³-hybridized carbons (Fsp3) is 0.828. The second kappa shape index (κ2) is 7.54. The number of fused-ring (bicyclic) bond motifs is 6. The Bertz CT molecular complexity index is 872. The largest absolute Gasteiger partial charge is 0.370 e. The molecule has 0 bridgehead atoms. The van der Waals surface area contributed by atoms with Crippen LogP contribution in [0.2, 0.25) is 0 Å². The molecular weight excluding hydrogens is 394 g/mol. The van der Waals surface area contributed by atoms with Crippen molar-refractivity contribution in [2.75, 3.05) is 6.54 Å². The summed E-state index contributed by atoms with van der Waals surface area (Å²) in [5, 5.41) is 3.81. The number of hydrogen-bond donors (Lipinski definition) is 1. The monoisotopic (exact) mass is 437 g/mol. The van der Waals surface area contributed by atoms with Gasteiger partial charge in [0, 0.05) is 12.5 Å². The van der Waals surface area contributed by atoms with E-state index in [2.05, 4.69) is 33.0 Å². The molecule has 4 fully saturated rings. The molecule has 0 radical (unpaired) electrons. The lowest BCUT2D eigenvalue weighted by Gasteiger charge is -2.52. The van der Waals surface area contributed by atoms with E-state index in [4.69, 9.17) is 4.74 Å². The Morgan fingerprint density at radius 2 is 2.00 bits per heavy atom. The lowest BCUT2D eigenvalue weighted by molar-refractivity contribution is -0.175. The molecule has 0 aromatic rings. The van der Waals surface area contributed by atoms with Gasteiger partial charge in [0.15, 0.2) is 5.78 Å². The number of ketones is 1. The first-order valence-electron chi connectivity index (χ1n) is 13.6. The Kier molecular flexibility index (Phi) is 5.08. The Labute approximate surface area is 194 Å². The van der Waals surface area contributed by atoms with E-state index in [9.17, 15) is 4.79 Å². The molecule has 4 aliphatic carbocycles. The van der Waals surface area contributed by atoms with Crippen LogP contribution >= 0.6 is 0 Å². The SMILES string of the molecule is CC1=C2C[C@H]3[C@@H](CCC4=CC(=O)CC[C@@]43C)[C@@H]2CC[C@]2(C1)C[C@H](C)[C@@H]1NC[C@@H](C)C[C@H]1O2. The van der Waals surface area contributed by atoms with Crippen molar-refractivity contribution in [3.8, 4) is 0 Å². The van der Waals surface area contributed by atoms with Crippen LogP contribution in [0.15, 0.2) is 22.8 Å². The minimum Gasteiger partial charge on any atom is -0.370 e. The summed E-state index contributed by atoms with van der Waals surface area (Å²) in [6.45, 7) is 10.9. The van der Waals surface area contributed by atoms with E-state index in [0.717, 1.165) is 55.9 Å². The fourth-order valence-corrected chi connectivity index (χ4v) is 9.38. The quantitative estimate of drug-likeness (QED) is 0.473. The van der Waals surface area contributed by atoms with Gasteiger partial charge in [0.05, 0.1) is 11.7 Å². The van der Waals surface area contributed by atoms with Crippen LogP contribution in [-0.4, -0.2) is 30.1 Å². The van der Waals surface area contributed by atoms with Crippen LogP contribution < -0.4 is 5.32 Å². The molecule has 1 spiro atoms. The number of allylic oxidation sites excluding steroid dienone is 3. The highest BCUT2D eigenvalue weighted by atomic mass is 16.5. The Morgan fingerprint density at radius 1 is 1.16 bits per heavy atom. The van der Waals surface area contributed by atoms with Crippen LogP contribution in [0.3, 0.4) is 0 Å². The van der Waals surface area contributed by atoms with Crippen LogP contribution in [0.4, 0.5) is 0 Å². The number of hydrogen-bond acceptors (Lipinski definition) is 3. The molecule has 32 heavy (non-hydrogen) atoms. The summed E-state index contributed by atoms with van der Waals surface area (Å²) >= 11 is 0. The van der Waals surface area contributed by atoms with E-state index >= 15 is 0 Å². The van der Waals surface area contributed by atoms with Crippen LogP contribution in [0.25, 0.3) is 0 Å². The van der Waals surface area contributed by atoms with Crippen molar-refractivity contribution >= 4 is 5.78 Å². The summed E-state index contributed by atoms with van der Waals surface area (Å²) < 4.78 is 7.09. The van der Waals surface area contributed by atoms with E-state index in [1.165, 1.54) is 44.1 Å². The van der Waals surface area contributed by atoms with Crippen LogP contribution in [-0.2, 0) is 9.53 Å². The maximum Gasteiger partial charge on any atom is 0.155 e. The first kappa shape index (κ1) is 21.6. The zero-order chi connectivity index (χ0) is 22.3. The molecule has 2 saturated carbocycles. The van der Waals surface area contributed by atoms with Gasteiger partial charge in [-0.05, 0) is 112 Å². The molecule has 0 amide bonds. The molecule has 3 nitrogen and oxygen atoms in total. The van der Waals surface area contributed by atoms with Crippen LogP contribution in [0.5, 0.6) is 0 Å². The average Bonchev–Trinajstić information content (AvgIpc) is 3.07. The van der Waals surface area contributed by atoms with Crippen molar-refractivity contribution in [2.45, 2.75) is 110 Å². The van der Waals surface area contributed by atoms with E-state index in [-0.39, 0.29) is 11.0 Å². The summed E-state index contributed by atoms with van der Waals surface area (Å²) in [6.07, 6.45) is 14.1. The number of ether oxygens (including phenoxy) is 1. The zero-order valence-electron chi connectivity index (χ0n) is 20.7. The number of carbonyl (C=O) groups is 1.